The number of hydrogen-bond donors (Lipinski definition) is 0. The van der Waals surface area contributed by atoms with Crippen molar-refractivity contribution >= 4 is 10.5 Å². The first-order valence-corrected chi connectivity index (χ1v) is 5.40. The second-order valence-electron chi connectivity index (χ2n) is 2.85. The predicted molar refractivity (Wildman–Crippen MR) is 48.6 cm³/mol. The summed E-state index contributed by atoms with van der Waals surface area (Å²) in [6, 6.07) is 3.96. The summed E-state index contributed by atoms with van der Waals surface area (Å²) in [5, 5.41) is 0. The van der Waals surface area contributed by atoms with Crippen LogP contribution in [0.1, 0.15) is 0 Å². The first kappa shape index (κ1) is 13.6. The average molecular weight is 274 g/mol. The molecule has 0 amide bonds. The van der Waals surface area contributed by atoms with E-state index in [9.17, 15) is 25.5 Å². The minimum absolute atomic E-state index is 0.147. The summed E-state index contributed by atoms with van der Waals surface area (Å²) in [4.78, 5) is 0. The van der Waals surface area contributed by atoms with E-state index in [1.165, 1.54) is 0 Å². The van der Waals surface area contributed by atoms with Gasteiger partial charge in [-0.3, -0.25) is 0 Å². The lowest BCUT2D eigenvalue weighted by Gasteiger charge is -2.09. The number of halogens is 4. The van der Waals surface area contributed by atoms with Crippen molar-refractivity contribution in [2.45, 2.75) is 6.18 Å². The molecule has 0 saturated heterocycles. The van der Waals surface area contributed by atoms with E-state index in [1.54, 1.807) is 0 Å². The minimum Gasteiger partial charge on any atom is -0.484 e. The number of rotatable bonds is 4. The Morgan fingerprint density at radius 1 is 1.06 bits per heavy atom. The zero-order valence-electron chi connectivity index (χ0n) is 8.07. The zero-order valence-corrected chi connectivity index (χ0v) is 8.89. The van der Waals surface area contributed by atoms with E-state index in [4.69, 9.17) is 0 Å². The van der Waals surface area contributed by atoms with Crippen molar-refractivity contribution in [3.63, 3.8) is 0 Å². The van der Waals surface area contributed by atoms with Gasteiger partial charge in [0.25, 0.3) is 0 Å². The van der Waals surface area contributed by atoms with Crippen LogP contribution in [0.15, 0.2) is 24.3 Å². The summed E-state index contributed by atoms with van der Waals surface area (Å²) >= 11 is 0. The lowest BCUT2D eigenvalue weighted by Crippen LogP contribution is -2.19. The Kier molecular flexibility index (Phi) is 3.81. The molecule has 0 spiro atoms. The number of ether oxygens (including phenoxy) is 1. The summed E-state index contributed by atoms with van der Waals surface area (Å²) in [5.41, 5.74) is 0. The third-order valence-corrected chi connectivity index (χ3v) is 1.81. The van der Waals surface area contributed by atoms with Crippen molar-refractivity contribution in [3.8, 4) is 11.5 Å². The molecule has 1 rings (SSSR count). The Morgan fingerprint density at radius 3 is 1.94 bits per heavy atom. The van der Waals surface area contributed by atoms with E-state index >= 15 is 0 Å². The summed E-state index contributed by atoms with van der Waals surface area (Å²) in [7, 11) is -5.15. The highest BCUT2D eigenvalue weighted by molar-refractivity contribution is 7.81. The van der Waals surface area contributed by atoms with Gasteiger partial charge in [0.2, 0.25) is 0 Å². The second-order valence-corrected chi connectivity index (χ2v) is 3.80. The maximum atomic E-state index is 12.0. The van der Waals surface area contributed by atoms with Crippen molar-refractivity contribution < 1.29 is 34.4 Å². The van der Waals surface area contributed by atoms with Crippen LogP contribution >= 0.6 is 0 Å². The number of hydrogen-bond acceptors (Lipinski definition) is 4. The largest absolute Gasteiger partial charge is 0.488 e. The van der Waals surface area contributed by atoms with E-state index < -0.39 is 23.3 Å². The van der Waals surface area contributed by atoms with Crippen LogP contribution in [-0.4, -0.2) is 21.2 Å². The van der Waals surface area contributed by atoms with Gasteiger partial charge in [-0.05, 0) is 24.3 Å². The molecular formula is C8H6F4O4S. The van der Waals surface area contributed by atoms with Crippen molar-refractivity contribution in [2.24, 2.45) is 0 Å². The second kappa shape index (κ2) is 4.78. The van der Waals surface area contributed by atoms with Crippen LogP contribution in [0.3, 0.4) is 0 Å². The Labute approximate surface area is 94.2 Å². The molecule has 0 atom stereocenters. The van der Waals surface area contributed by atoms with Gasteiger partial charge in [0.05, 0.1) is 0 Å². The van der Waals surface area contributed by atoms with Crippen LogP contribution in [0.5, 0.6) is 11.5 Å². The molecule has 0 unspecified atom stereocenters. The van der Waals surface area contributed by atoms with E-state index in [0.717, 1.165) is 24.3 Å². The van der Waals surface area contributed by atoms with Gasteiger partial charge in [0.1, 0.15) is 11.5 Å². The molecule has 0 N–H and O–H groups in total. The van der Waals surface area contributed by atoms with Gasteiger partial charge in [-0.2, -0.15) is 21.6 Å². The lowest BCUT2D eigenvalue weighted by atomic mass is 10.3. The van der Waals surface area contributed by atoms with Crippen LogP contribution in [0, 0.1) is 0 Å². The molecule has 1 aromatic carbocycles. The lowest BCUT2D eigenvalue weighted by molar-refractivity contribution is -0.153. The zero-order chi connectivity index (χ0) is 13.1. The van der Waals surface area contributed by atoms with Crippen LogP contribution < -0.4 is 8.92 Å². The third kappa shape index (κ3) is 5.95. The standard InChI is InChI=1S/C8H6F4O4S/c9-8(10,11)5-15-6-1-3-7(4-2-6)16-17(12,13)14/h1-4H,5H2. The Balaban J connectivity index is 2.63. The molecule has 0 aliphatic carbocycles. The average Bonchev–Trinajstić information content (AvgIpc) is 2.13. The van der Waals surface area contributed by atoms with Crippen molar-refractivity contribution in [1.82, 2.24) is 0 Å². The molecule has 1 aromatic rings. The topological polar surface area (TPSA) is 52.6 Å². The highest BCUT2D eigenvalue weighted by Gasteiger charge is 2.28. The normalized spacial score (nSPS) is 12.2. The van der Waals surface area contributed by atoms with Crippen LogP contribution in [0.4, 0.5) is 17.1 Å². The van der Waals surface area contributed by atoms with Crippen LogP contribution in [0.2, 0.25) is 0 Å². The molecule has 0 saturated carbocycles. The van der Waals surface area contributed by atoms with Gasteiger partial charge in [0, 0.05) is 0 Å². The molecule has 0 heterocycles. The summed E-state index contributed by atoms with van der Waals surface area (Å²) in [6.07, 6.45) is -4.47. The SMILES string of the molecule is O=S(=O)(F)Oc1ccc(OCC(F)(F)F)cc1. The van der Waals surface area contributed by atoms with E-state index in [-0.39, 0.29) is 11.5 Å². The van der Waals surface area contributed by atoms with Crippen LogP contribution in [-0.2, 0) is 10.5 Å². The molecule has 17 heavy (non-hydrogen) atoms. The molecule has 4 nitrogen and oxygen atoms in total. The fourth-order valence-corrected chi connectivity index (χ4v) is 1.21. The third-order valence-electron chi connectivity index (χ3n) is 1.42. The first-order valence-electron chi connectivity index (χ1n) is 4.09. The molecule has 96 valence electrons. The quantitative estimate of drug-likeness (QED) is 0.624. The Hall–Kier alpha value is -1.51. The Bertz CT molecular complexity index is 465. The van der Waals surface area contributed by atoms with E-state index in [2.05, 4.69) is 8.92 Å². The smallest absolute Gasteiger partial charge is 0.484 e. The number of benzene rings is 1. The van der Waals surface area contributed by atoms with Gasteiger partial charge in [-0.1, -0.05) is 3.89 Å². The predicted octanol–water partition coefficient (Wildman–Crippen LogP) is 2.22. The summed E-state index contributed by atoms with van der Waals surface area (Å²) in [6.45, 7) is -1.48. The van der Waals surface area contributed by atoms with Crippen LogP contribution in [0.25, 0.3) is 0 Å². The maximum Gasteiger partial charge on any atom is 0.488 e. The summed E-state index contributed by atoms with van der Waals surface area (Å²) < 4.78 is 75.7. The minimum atomic E-state index is -5.15. The van der Waals surface area contributed by atoms with Gasteiger partial charge in [0.15, 0.2) is 6.61 Å². The molecule has 0 aliphatic heterocycles. The molecular weight excluding hydrogens is 268 g/mol. The van der Waals surface area contributed by atoms with Gasteiger partial charge in [-0.25, -0.2) is 0 Å². The molecule has 0 aromatic heterocycles. The molecule has 0 bridgehead atoms. The van der Waals surface area contributed by atoms with Gasteiger partial charge >= 0.3 is 16.7 Å². The maximum absolute atomic E-state index is 12.0. The highest BCUT2D eigenvalue weighted by Crippen LogP contribution is 2.22. The molecule has 0 fully saturated rings. The Morgan fingerprint density at radius 2 is 1.53 bits per heavy atom. The van der Waals surface area contributed by atoms with Crippen molar-refractivity contribution in [3.05, 3.63) is 24.3 Å². The van der Waals surface area contributed by atoms with Crippen molar-refractivity contribution in [1.29, 1.82) is 0 Å². The van der Waals surface area contributed by atoms with Gasteiger partial charge < -0.3 is 8.92 Å². The van der Waals surface area contributed by atoms with Gasteiger partial charge in [-0.15, -0.1) is 0 Å². The fraction of sp³-hybridized carbons (Fsp3) is 0.250. The fourth-order valence-electron chi connectivity index (χ4n) is 0.872. The highest BCUT2D eigenvalue weighted by atomic mass is 32.3. The molecule has 9 heteroatoms. The first-order chi connectivity index (χ1) is 7.66. The number of alkyl halides is 3. The molecule has 0 radical (unpaired) electrons. The summed E-state index contributed by atoms with van der Waals surface area (Å²) in [5.74, 6) is -0.516. The van der Waals surface area contributed by atoms with Crippen molar-refractivity contribution in [2.75, 3.05) is 6.61 Å². The monoisotopic (exact) mass is 274 g/mol. The van der Waals surface area contributed by atoms with E-state index in [0.29, 0.717) is 0 Å². The van der Waals surface area contributed by atoms with E-state index in [1.807, 2.05) is 0 Å². The molecule has 0 aliphatic rings.